The first-order chi connectivity index (χ1) is 16.3. The average molecular weight is 483 g/mol. The summed E-state index contributed by atoms with van der Waals surface area (Å²) < 4.78 is 6.21. The van der Waals surface area contributed by atoms with Crippen LogP contribution in [0, 0.1) is 17.2 Å². The third-order valence-corrected chi connectivity index (χ3v) is 7.65. The van der Waals surface area contributed by atoms with E-state index in [2.05, 4.69) is 17.4 Å². The molecule has 2 aromatic carbocycles. The molecule has 2 aromatic rings. The zero-order chi connectivity index (χ0) is 24.4. The first-order valence-corrected chi connectivity index (χ1v) is 12.5. The minimum atomic E-state index is -0.753. The number of allylic oxidation sites excluding steroid dienone is 1. The van der Waals surface area contributed by atoms with Crippen LogP contribution >= 0.6 is 11.8 Å². The summed E-state index contributed by atoms with van der Waals surface area (Å²) in [7, 11) is 0. The van der Waals surface area contributed by atoms with Crippen LogP contribution in [0.15, 0.2) is 47.7 Å². The van der Waals surface area contributed by atoms with Crippen molar-refractivity contribution in [3.05, 3.63) is 53.2 Å². The van der Waals surface area contributed by atoms with Gasteiger partial charge in [-0.15, -0.1) is 0 Å². The lowest BCUT2D eigenvalue weighted by atomic mass is 9.78. The van der Waals surface area contributed by atoms with Gasteiger partial charge in [0.2, 0.25) is 5.91 Å². The number of guanidine groups is 1. The number of benzene rings is 2. The quantitative estimate of drug-likeness (QED) is 0.134. The van der Waals surface area contributed by atoms with Gasteiger partial charge in [0.15, 0.2) is 12.2 Å². The molecule has 0 aromatic heterocycles. The van der Waals surface area contributed by atoms with Crippen LogP contribution in [0.3, 0.4) is 0 Å². The summed E-state index contributed by atoms with van der Waals surface area (Å²) in [5, 5.41) is 22.1. The third-order valence-electron chi connectivity index (χ3n) is 6.65. The number of hydrogen-bond acceptors (Lipinski definition) is 6. The zero-order valence-electron chi connectivity index (χ0n) is 19.3. The highest BCUT2D eigenvalue weighted by Crippen LogP contribution is 2.46. The monoisotopic (exact) mass is 482 g/mol. The van der Waals surface area contributed by atoms with Gasteiger partial charge in [0.1, 0.15) is 12.4 Å². The van der Waals surface area contributed by atoms with Crippen LogP contribution in [0.25, 0.3) is 10.8 Å². The molecule has 4 rings (SSSR count). The number of nitrogens with zero attached hydrogens (tertiary/aromatic N) is 1. The maximum absolute atomic E-state index is 12.5. The Hall–Kier alpha value is -3.04. The molecule has 34 heavy (non-hydrogen) atoms. The van der Waals surface area contributed by atoms with E-state index in [1.807, 2.05) is 31.2 Å². The van der Waals surface area contributed by atoms with E-state index in [1.54, 1.807) is 18.7 Å². The molecule has 4 atom stereocenters. The average Bonchev–Trinajstić information content (AvgIpc) is 3.04. The van der Waals surface area contributed by atoms with E-state index in [0.29, 0.717) is 12.2 Å². The maximum Gasteiger partial charge on any atom is 0.235 e. The van der Waals surface area contributed by atoms with E-state index in [4.69, 9.17) is 15.9 Å². The van der Waals surface area contributed by atoms with Gasteiger partial charge in [0, 0.05) is 29.4 Å². The van der Waals surface area contributed by atoms with Gasteiger partial charge in [0.25, 0.3) is 0 Å². The molecule has 0 spiro atoms. The van der Waals surface area contributed by atoms with Gasteiger partial charge in [-0.2, -0.15) is 11.8 Å². The van der Waals surface area contributed by atoms with Crippen molar-refractivity contribution in [2.75, 3.05) is 18.9 Å². The molecule has 0 bridgehead atoms. The number of thioether (sulfide) groups is 1. The first kappa shape index (κ1) is 24.1. The molecule has 180 valence electrons. The number of nitrogens with two attached hydrogens (primary N) is 1. The van der Waals surface area contributed by atoms with Gasteiger partial charge in [-0.05, 0) is 29.5 Å². The Kier molecular flexibility index (Phi) is 7.13. The van der Waals surface area contributed by atoms with Crippen molar-refractivity contribution >= 4 is 40.7 Å². The number of rotatable bonds is 10. The highest BCUT2D eigenvalue weighted by atomic mass is 32.2. The molecule has 2 aliphatic heterocycles. The van der Waals surface area contributed by atoms with Gasteiger partial charge in [0.05, 0.1) is 23.8 Å². The van der Waals surface area contributed by atoms with Crippen molar-refractivity contribution < 1.29 is 19.4 Å². The van der Waals surface area contributed by atoms with Crippen LogP contribution in [-0.4, -0.2) is 59.2 Å². The number of aldehydes is 1. The number of aliphatic hydroxyl groups is 1. The Balaban J connectivity index is 1.49. The fourth-order valence-electron chi connectivity index (χ4n) is 4.96. The molecule has 0 aliphatic carbocycles. The summed E-state index contributed by atoms with van der Waals surface area (Å²) in [6.45, 7) is 4.44. The number of amides is 1. The minimum absolute atomic E-state index is 0.0208. The number of hydrogen-bond donors (Lipinski definition) is 4. The van der Waals surface area contributed by atoms with E-state index in [9.17, 15) is 14.7 Å². The van der Waals surface area contributed by atoms with E-state index in [1.165, 1.54) is 10.5 Å². The second-order valence-electron chi connectivity index (χ2n) is 8.73. The number of carbonyl (C=O) groups excluding carboxylic acids is 2. The van der Waals surface area contributed by atoms with Gasteiger partial charge in [-0.1, -0.05) is 37.3 Å². The Morgan fingerprint density at radius 2 is 2.06 bits per heavy atom. The number of ether oxygens (including phenoxy) is 1. The highest BCUT2D eigenvalue weighted by Gasteiger charge is 2.58. The number of aliphatic hydroxyl groups excluding tert-OH is 1. The topological polar surface area (TPSA) is 129 Å². The molecule has 2 aliphatic rings. The fraction of sp³-hybridized carbons (Fsp3) is 0.400. The minimum Gasteiger partial charge on any atom is -0.489 e. The smallest absolute Gasteiger partial charge is 0.235 e. The van der Waals surface area contributed by atoms with Crippen molar-refractivity contribution in [3.8, 4) is 5.75 Å². The molecule has 0 saturated carbocycles. The maximum atomic E-state index is 12.5. The Morgan fingerprint density at radius 3 is 2.76 bits per heavy atom. The zero-order valence-corrected chi connectivity index (χ0v) is 20.1. The van der Waals surface area contributed by atoms with Crippen LogP contribution in [0.5, 0.6) is 5.75 Å². The van der Waals surface area contributed by atoms with Gasteiger partial charge < -0.3 is 25.8 Å². The van der Waals surface area contributed by atoms with Crippen molar-refractivity contribution in [2.24, 2.45) is 17.6 Å². The molecule has 9 heteroatoms. The van der Waals surface area contributed by atoms with Gasteiger partial charge in [-0.3, -0.25) is 15.0 Å². The molecule has 1 fully saturated rings. The number of carbonyl (C=O) groups is 2. The third kappa shape index (κ3) is 4.37. The van der Waals surface area contributed by atoms with E-state index in [-0.39, 0.29) is 30.4 Å². The molecule has 8 nitrogen and oxygen atoms in total. The van der Waals surface area contributed by atoms with Crippen molar-refractivity contribution in [3.63, 3.8) is 0 Å². The first-order valence-electron chi connectivity index (χ1n) is 11.3. The van der Waals surface area contributed by atoms with Crippen LogP contribution < -0.4 is 15.8 Å². The van der Waals surface area contributed by atoms with Crippen molar-refractivity contribution in [2.45, 2.75) is 31.7 Å². The van der Waals surface area contributed by atoms with Crippen molar-refractivity contribution in [1.29, 1.82) is 5.41 Å². The Bertz CT molecular complexity index is 1150. The van der Waals surface area contributed by atoms with Gasteiger partial charge >= 0.3 is 0 Å². The predicted octanol–water partition coefficient (Wildman–Crippen LogP) is 2.25. The molecular weight excluding hydrogens is 452 g/mol. The van der Waals surface area contributed by atoms with Crippen molar-refractivity contribution in [1.82, 2.24) is 10.2 Å². The molecule has 1 saturated heterocycles. The van der Waals surface area contributed by atoms with Crippen LogP contribution in [-0.2, 0) is 15.3 Å². The van der Waals surface area contributed by atoms with Crippen LogP contribution in [0.1, 0.15) is 19.4 Å². The summed E-state index contributed by atoms with van der Waals surface area (Å²) in [6, 6.07) is 11.9. The molecule has 5 N–H and O–H groups in total. The lowest BCUT2D eigenvalue weighted by Crippen LogP contribution is -2.63. The fourth-order valence-corrected chi connectivity index (χ4v) is 5.83. The Labute approximate surface area is 203 Å². The molecule has 1 amide bonds. The summed E-state index contributed by atoms with van der Waals surface area (Å²) in [4.78, 5) is 25.9. The highest BCUT2D eigenvalue weighted by molar-refractivity contribution is 7.98. The second kappa shape index (κ2) is 10.1. The molecule has 2 heterocycles. The van der Waals surface area contributed by atoms with Crippen LogP contribution in [0.2, 0.25) is 0 Å². The normalized spacial score (nSPS) is 22.4. The van der Waals surface area contributed by atoms with Crippen LogP contribution in [0.4, 0.5) is 0 Å². The lowest BCUT2D eigenvalue weighted by molar-refractivity contribution is -0.160. The number of β-lactam (4-membered cyclic amide) rings is 1. The largest absolute Gasteiger partial charge is 0.489 e. The standard InChI is InChI=1S/C25H30N4O4S/c1-14-19(20(11-30)29-23(14)22(15(2)31)24(29)32)12-33-21-8-4-6-17-16(5-3-7-18(17)21)13-34-10-9-28-25(26)27/h3-8,11,14-15,22-23,31H,9-10,12-13H2,1-2H3,(H4,26,27,28)/t14-,15+,22+,23+/m0/s1. The molecule has 0 radical (unpaired) electrons. The summed E-state index contributed by atoms with van der Waals surface area (Å²) in [5.74, 6) is 1.60. The second-order valence-corrected chi connectivity index (χ2v) is 9.84. The Morgan fingerprint density at radius 1 is 1.32 bits per heavy atom. The summed E-state index contributed by atoms with van der Waals surface area (Å²) in [6.07, 6.45) is -0.0259. The number of nitrogens with one attached hydrogen (secondary N) is 2. The number of fused-ring (bicyclic) bond motifs is 2. The lowest BCUT2D eigenvalue weighted by Gasteiger charge is -2.46. The molecular formula is C25H30N4O4S. The van der Waals surface area contributed by atoms with E-state index < -0.39 is 12.0 Å². The molecule has 0 unspecified atom stereocenters. The summed E-state index contributed by atoms with van der Waals surface area (Å²) >= 11 is 1.76. The van der Waals surface area contributed by atoms with Gasteiger partial charge in [-0.25, -0.2) is 0 Å². The van der Waals surface area contributed by atoms with E-state index >= 15 is 0 Å². The summed E-state index contributed by atoms with van der Waals surface area (Å²) in [5.41, 5.74) is 7.67. The predicted molar refractivity (Wildman–Crippen MR) is 134 cm³/mol. The SMILES string of the molecule is C[C@@H](O)[C@H]1C(=O)N2C(C=O)=C(COc3cccc4c(CSCCNC(=N)N)cccc34)[C@H](C)[C@H]12. The van der Waals surface area contributed by atoms with E-state index in [0.717, 1.165) is 39.9 Å².